The second kappa shape index (κ2) is 10.5. The van der Waals surface area contributed by atoms with E-state index in [0.717, 1.165) is 47.7 Å². The first-order valence-corrected chi connectivity index (χ1v) is 13.5. The predicted molar refractivity (Wildman–Crippen MR) is 139 cm³/mol. The molecule has 0 atom stereocenters. The molecule has 1 saturated heterocycles. The SMILES string of the molecule is C=CCn1nc(NCC(=O)NC2CN(C3CCC(C4CCCCC4)CC3)C2)c2cc(C)ccc21. The average Bonchev–Trinajstić information content (AvgIpc) is 3.17. The van der Waals surface area contributed by atoms with E-state index in [-0.39, 0.29) is 18.5 Å². The molecule has 3 fully saturated rings. The van der Waals surface area contributed by atoms with E-state index < -0.39 is 0 Å². The Morgan fingerprint density at radius 2 is 1.82 bits per heavy atom. The molecule has 0 radical (unpaired) electrons. The van der Waals surface area contributed by atoms with Gasteiger partial charge in [-0.2, -0.15) is 5.10 Å². The van der Waals surface area contributed by atoms with Crippen LogP contribution in [0.5, 0.6) is 0 Å². The molecule has 6 nitrogen and oxygen atoms in total. The van der Waals surface area contributed by atoms with Crippen LogP contribution >= 0.6 is 0 Å². The summed E-state index contributed by atoms with van der Waals surface area (Å²) in [4.78, 5) is 15.2. The molecule has 1 aliphatic heterocycles. The fourth-order valence-corrected chi connectivity index (χ4v) is 6.57. The van der Waals surface area contributed by atoms with Crippen LogP contribution in [-0.4, -0.2) is 52.3 Å². The normalized spacial score (nSPS) is 24.6. The zero-order chi connectivity index (χ0) is 23.5. The molecule has 1 aromatic carbocycles. The zero-order valence-electron chi connectivity index (χ0n) is 20.8. The molecule has 184 valence electrons. The van der Waals surface area contributed by atoms with Gasteiger partial charge in [0.25, 0.3) is 0 Å². The van der Waals surface area contributed by atoms with Crippen LogP contribution in [-0.2, 0) is 11.3 Å². The van der Waals surface area contributed by atoms with Crippen LogP contribution in [0.15, 0.2) is 30.9 Å². The summed E-state index contributed by atoms with van der Waals surface area (Å²) in [6.45, 7) is 8.80. The number of nitrogens with zero attached hydrogens (tertiary/aromatic N) is 3. The fraction of sp³-hybridized carbons (Fsp3) is 0.643. The molecular formula is C28H41N5O. The molecule has 0 bridgehead atoms. The third kappa shape index (κ3) is 5.17. The highest BCUT2D eigenvalue weighted by Crippen LogP contribution is 2.39. The Labute approximate surface area is 204 Å². The second-order valence-electron chi connectivity index (χ2n) is 10.9. The highest BCUT2D eigenvalue weighted by atomic mass is 16.2. The molecular weight excluding hydrogens is 422 g/mol. The summed E-state index contributed by atoms with van der Waals surface area (Å²) in [5.74, 6) is 2.80. The lowest BCUT2D eigenvalue weighted by molar-refractivity contribution is -0.121. The van der Waals surface area contributed by atoms with Gasteiger partial charge in [-0.25, -0.2) is 0 Å². The Morgan fingerprint density at radius 3 is 2.56 bits per heavy atom. The molecule has 2 aliphatic carbocycles. The maximum atomic E-state index is 12.6. The summed E-state index contributed by atoms with van der Waals surface area (Å²) >= 11 is 0. The molecule has 34 heavy (non-hydrogen) atoms. The van der Waals surface area contributed by atoms with E-state index in [1.54, 1.807) is 0 Å². The number of fused-ring (bicyclic) bond motifs is 1. The van der Waals surface area contributed by atoms with Crippen molar-refractivity contribution in [1.82, 2.24) is 20.0 Å². The molecule has 5 rings (SSSR count). The lowest BCUT2D eigenvalue weighted by Gasteiger charge is -2.47. The molecule has 1 aromatic heterocycles. The predicted octanol–water partition coefficient (Wildman–Crippen LogP) is 4.88. The first-order valence-electron chi connectivity index (χ1n) is 13.5. The number of hydrogen-bond acceptors (Lipinski definition) is 4. The number of aryl methyl sites for hydroxylation is 1. The highest BCUT2D eigenvalue weighted by molar-refractivity contribution is 5.92. The first-order chi connectivity index (χ1) is 16.6. The smallest absolute Gasteiger partial charge is 0.239 e. The van der Waals surface area contributed by atoms with Gasteiger partial charge in [-0.15, -0.1) is 6.58 Å². The molecule has 2 N–H and O–H groups in total. The van der Waals surface area contributed by atoms with Crippen LogP contribution in [0.25, 0.3) is 10.9 Å². The third-order valence-corrected chi connectivity index (χ3v) is 8.47. The number of carbonyl (C=O) groups excluding carboxylic acids is 1. The highest BCUT2D eigenvalue weighted by Gasteiger charge is 2.36. The number of carbonyl (C=O) groups is 1. The van der Waals surface area contributed by atoms with E-state index in [9.17, 15) is 4.79 Å². The number of allylic oxidation sites excluding steroid dienone is 1. The van der Waals surface area contributed by atoms with E-state index in [1.165, 1.54) is 63.4 Å². The van der Waals surface area contributed by atoms with E-state index in [2.05, 4.69) is 52.3 Å². The van der Waals surface area contributed by atoms with E-state index >= 15 is 0 Å². The number of rotatable bonds is 8. The number of hydrogen-bond donors (Lipinski definition) is 2. The van der Waals surface area contributed by atoms with Gasteiger partial charge in [0.15, 0.2) is 5.82 Å². The summed E-state index contributed by atoms with van der Waals surface area (Å²) in [6.07, 6.45) is 14.7. The molecule has 1 amide bonds. The van der Waals surface area contributed by atoms with Gasteiger partial charge >= 0.3 is 0 Å². The summed E-state index contributed by atoms with van der Waals surface area (Å²) in [5.41, 5.74) is 2.24. The minimum atomic E-state index is 0.0460. The quantitative estimate of drug-likeness (QED) is 0.548. The van der Waals surface area contributed by atoms with Gasteiger partial charge in [0.1, 0.15) is 0 Å². The number of aromatic nitrogens is 2. The van der Waals surface area contributed by atoms with E-state index in [1.807, 2.05) is 10.8 Å². The number of benzene rings is 1. The van der Waals surface area contributed by atoms with Gasteiger partial charge in [-0.3, -0.25) is 14.4 Å². The minimum Gasteiger partial charge on any atom is -0.359 e. The van der Waals surface area contributed by atoms with Crippen LogP contribution in [0.4, 0.5) is 5.82 Å². The Morgan fingerprint density at radius 1 is 1.09 bits per heavy atom. The van der Waals surface area contributed by atoms with Gasteiger partial charge in [-0.1, -0.05) is 49.8 Å². The van der Waals surface area contributed by atoms with Crippen molar-refractivity contribution >= 4 is 22.6 Å². The summed E-state index contributed by atoms with van der Waals surface area (Å²) in [5, 5.41) is 12.2. The third-order valence-electron chi connectivity index (χ3n) is 8.47. The molecule has 2 heterocycles. The lowest BCUT2D eigenvalue weighted by Crippen LogP contribution is -2.63. The van der Waals surface area contributed by atoms with Gasteiger partial charge in [0.2, 0.25) is 5.91 Å². The molecule has 2 saturated carbocycles. The maximum absolute atomic E-state index is 12.6. The van der Waals surface area contributed by atoms with Crippen molar-refractivity contribution in [2.45, 2.75) is 83.3 Å². The zero-order valence-corrected chi connectivity index (χ0v) is 20.8. The first kappa shape index (κ1) is 23.4. The lowest BCUT2D eigenvalue weighted by atomic mass is 9.72. The summed E-state index contributed by atoms with van der Waals surface area (Å²) in [7, 11) is 0. The molecule has 0 unspecified atom stereocenters. The molecule has 3 aliphatic rings. The number of nitrogens with one attached hydrogen (secondary N) is 2. The Kier molecular flexibility index (Phi) is 7.23. The summed E-state index contributed by atoms with van der Waals surface area (Å²) in [6, 6.07) is 7.30. The number of anilines is 1. The van der Waals surface area contributed by atoms with Crippen molar-refractivity contribution in [3.05, 3.63) is 36.4 Å². The van der Waals surface area contributed by atoms with E-state index in [0.29, 0.717) is 6.54 Å². The summed E-state index contributed by atoms with van der Waals surface area (Å²) < 4.78 is 1.93. The monoisotopic (exact) mass is 463 g/mol. The van der Waals surface area contributed by atoms with Gasteiger partial charge < -0.3 is 10.6 Å². The van der Waals surface area contributed by atoms with Crippen molar-refractivity contribution in [1.29, 1.82) is 0 Å². The fourth-order valence-electron chi connectivity index (χ4n) is 6.57. The van der Waals surface area contributed by atoms with Crippen molar-refractivity contribution in [3.8, 4) is 0 Å². The maximum Gasteiger partial charge on any atom is 0.239 e. The average molecular weight is 464 g/mol. The number of likely N-dealkylation sites (tertiary alicyclic amines) is 1. The topological polar surface area (TPSA) is 62.2 Å². The Bertz CT molecular complexity index is 994. The van der Waals surface area contributed by atoms with Crippen molar-refractivity contribution < 1.29 is 4.79 Å². The van der Waals surface area contributed by atoms with Crippen LogP contribution in [0.1, 0.15) is 63.4 Å². The minimum absolute atomic E-state index is 0.0460. The van der Waals surface area contributed by atoms with Crippen molar-refractivity contribution in [2.24, 2.45) is 11.8 Å². The Hall–Kier alpha value is -2.34. The van der Waals surface area contributed by atoms with Gasteiger partial charge in [0.05, 0.1) is 24.6 Å². The van der Waals surface area contributed by atoms with Crippen LogP contribution in [0.3, 0.4) is 0 Å². The molecule has 0 spiro atoms. The van der Waals surface area contributed by atoms with Crippen LogP contribution in [0, 0.1) is 18.8 Å². The van der Waals surface area contributed by atoms with E-state index in [4.69, 9.17) is 0 Å². The van der Waals surface area contributed by atoms with Gasteiger partial charge in [-0.05, 0) is 56.6 Å². The standard InChI is InChI=1S/C28H41N5O/c1-3-15-33-26-14-9-20(2)16-25(26)28(31-33)29-17-27(34)30-23-18-32(19-23)24-12-10-22(11-13-24)21-7-5-4-6-8-21/h3,9,14,16,21-24H,1,4-8,10-13,15,17-19H2,2H3,(H,29,31)(H,30,34). The van der Waals surface area contributed by atoms with Crippen molar-refractivity contribution in [3.63, 3.8) is 0 Å². The Balaban J connectivity index is 1.06. The molecule has 6 heteroatoms. The number of amides is 1. The van der Waals surface area contributed by atoms with Crippen LogP contribution < -0.4 is 10.6 Å². The second-order valence-corrected chi connectivity index (χ2v) is 10.9. The van der Waals surface area contributed by atoms with Crippen LogP contribution in [0.2, 0.25) is 0 Å². The molecule has 2 aromatic rings. The van der Waals surface area contributed by atoms with Crippen molar-refractivity contribution in [2.75, 3.05) is 25.0 Å². The van der Waals surface area contributed by atoms with Gasteiger partial charge in [0, 0.05) is 24.5 Å². The largest absolute Gasteiger partial charge is 0.359 e.